The van der Waals surface area contributed by atoms with Crippen molar-refractivity contribution in [3.8, 4) is 0 Å². The number of hydrogen-bond donors (Lipinski definition) is 2. The van der Waals surface area contributed by atoms with Gasteiger partial charge in [0.05, 0.1) is 47.8 Å². The number of aliphatic hydroxyl groups excluding tert-OH is 1. The number of likely N-dealkylation sites (tertiary alicyclic amines) is 1. The highest BCUT2D eigenvalue weighted by atomic mass is 79.9. The van der Waals surface area contributed by atoms with Crippen LogP contribution in [0, 0.1) is 11.8 Å². The molecule has 2 aromatic rings. The molecule has 0 saturated carbocycles. The lowest BCUT2D eigenvalue weighted by Gasteiger charge is -2.39. The summed E-state index contributed by atoms with van der Waals surface area (Å²) in [7, 11) is 0. The maximum Gasteiger partial charge on any atom is 0.313 e. The Morgan fingerprint density at radius 1 is 1.19 bits per heavy atom. The lowest BCUT2D eigenvalue weighted by atomic mass is 9.70. The van der Waals surface area contributed by atoms with E-state index in [0.717, 1.165) is 0 Å². The number of esters is 1. The molecule has 3 saturated heterocycles. The number of ether oxygens (including phenoxy) is 2. The van der Waals surface area contributed by atoms with Crippen molar-refractivity contribution in [1.29, 1.82) is 0 Å². The van der Waals surface area contributed by atoms with Crippen LogP contribution < -0.4 is 10.2 Å². The number of carbonyl (C=O) groups is 4. The second kappa shape index (κ2) is 15.4. The fraction of sp³-hybridized carbons (Fsp3) is 0.444. The van der Waals surface area contributed by atoms with E-state index in [9.17, 15) is 24.3 Å². The van der Waals surface area contributed by atoms with Gasteiger partial charge in [0.1, 0.15) is 17.7 Å². The third-order valence-corrected chi connectivity index (χ3v) is 10.7. The minimum absolute atomic E-state index is 0.0233. The average molecular weight is 743 g/mol. The van der Waals surface area contributed by atoms with Gasteiger partial charge in [-0.05, 0) is 37.0 Å². The number of hydrogen-bond acceptors (Lipinski definition) is 7. The number of fused-ring (bicyclic) bond motifs is 1. The molecular weight excluding hydrogens is 702 g/mol. The number of carbonyl (C=O) groups excluding carboxylic acids is 4. The maximum atomic E-state index is 14.8. The molecule has 0 aromatic heterocycles. The van der Waals surface area contributed by atoms with E-state index in [1.54, 1.807) is 48.6 Å². The van der Waals surface area contributed by atoms with Crippen molar-refractivity contribution in [2.75, 3.05) is 24.6 Å². The van der Waals surface area contributed by atoms with Crippen molar-refractivity contribution in [2.45, 2.75) is 67.3 Å². The average Bonchev–Trinajstić information content (AvgIpc) is 3.69. The SMILES string of the molecule is C=CCCC(=O)NC[C@H](OC(=O)[C@@H]1[C@H]2O[C@@]3(CC2Br)[C@H](C(=O)N(CC=C)c2ccccc2Cl)N([C@@H](CC)CO)C(=O)[C@@H]13)c1ccccc1. The van der Waals surface area contributed by atoms with Crippen LogP contribution in [0.15, 0.2) is 79.9 Å². The Morgan fingerprint density at radius 2 is 1.90 bits per heavy atom. The van der Waals surface area contributed by atoms with Crippen molar-refractivity contribution >= 4 is 56.9 Å². The lowest BCUT2D eigenvalue weighted by Crippen LogP contribution is -2.59. The molecule has 3 amide bonds. The number of rotatable bonds is 15. The topological polar surface area (TPSA) is 125 Å². The fourth-order valence-corrected chi connectivity index (χ4v) is 8.50. The summed E-state index contributed by atoms with van der Waals surface area (Å²) in [6.45, 7) is 9.04. The molecule has 0 aliphatic carbocycles. The Labute approximate surface area is 294 Å². The normalized spacial score (nSPS) is 26.8. The molecule has 0 radical (unpaired) electrons. The highest BCUT2D eigenvalue weighted by Gasteiger charge is 2.77. The van der Waals surface area contributed by atoms with E-state index < -0.39 is 59.5 Å². The van der Waals surface area contributed by atoms with Crippen molar-refractivity contribution in [1.82, 2.24) is 10.2 Å². The number of nitrogens with zero attached hydrogens (tertiary/aromatic N) is 2. The largest absolute Gasteiger partial charge is 0.455 e. The molecule has 2 bridgehead atoms. The summed E-state index contributed by atoms with van der Waals surface area (Å²) in [4.78, 5) is 58.5. The van der Waals surface area contributed by atoms with E-state index >= 15 is 0 Å². The molecule has 2 aromatic carbocycles. The van der Waals surface area contributed by atoms with E-state index in [1.807, 2.05) is 25.1 Å². The summed E-state index contributed by atoms with van der Waals surface area (Å²) < 4.78 is 12.8. The number of allylic oxidation sites excluding steroid dienone is 1. The Morgan fingerprint density at radius 3 is 2.54 bits per heavy atom. The third kappa shape index (κ3) is 6.57. The van der Waals surface area contributed by atoms with Gasteiger partial charge in [-0.1, -0.05) is 89.1 Å². The van der Waals surface area contributed by atoms with Gasteiger partial charge < -0.3 is 29.7 Å². The molecule has 3 fully saturated rings. The van der Waals surface area contributed by atoms with Gasteiger partial charge in [0.15, 0.2) is 0 Å². The molecule has 8 atom stereocenters. The molecule has 2 N–H and O–H groups in total. The first-order chi connectivity index (χ1) is 23.1. The first-order valence-electron chi connectivity index (χ1n) is 16.2. The molecule has 10 nitrogen and oxygen atoms in total. The molecule has 1 unspecified atom stereocenters. The zero-order valence-corrected chi connectivity index (χ0v) is 29.1. The quantitative estimate of drug-likeness (QED) is 0.154. The van der Waals surface area contributed by atoms with Crippen LogP contribution in [0.5, 0.6) is 0 Å². The second-order valence-corrected chi connectivity index (χ2v) is 13.9. The van der Waals surface area contributed by atoms with Crippen LogP contribution in [0.3, 0.4) is 0 Å². The molecule has 12 heteroatoms. The van der Waals surface area contributed by atoms with E-state index in [0.29, 0.717) is 29.1 Å². The summed E-state index contributed by atoms with van der Waals surface area (Å²) >= 11 is 10.2. The number of alkyl halides is 1. The second-order valence-electron chi connectivity index (χ2n) is 12.3. The van der Waals surface area contributed by atoms with Gasteiger partial charge in [-0.3, -0.25) is 19.2 Å². The molecular formula is C36H41BrClN3O7. The number of halogens is 2. The van der Waals surface area contributed by atoms with Crippen molar-refractivity contribution in [3.63, 3.8) is 0 Å². The van der Waals surface area contributed by atoms with Crippen LogP contribution in [0.25, 0.3) is 0 Å². The van der Waals surface area contributed by atoms with Gasteiger partial charge in [0.25, 0.3) is 5.91 Å². The summed E-state index contributed by atoms with van der Waals surface area (Å²) in [5.74, 6) is -3.89. The molecule has 256 valence electrons. The molecule has 3 aliphatic rings. The molecule has 48 heavy (non-hydrogen) atoms. The van der Waals surface area contributed by atoms with Crippen LogP contribution in [0.2, 0.25) is 5.02 Å². The first kappa shape index (κ1) is 35.8. The highest BCUT2D eigenvalue weighted by molar-refractivity contribution is 9.09. The summed E-state index contributed by atoms with van der Waals surface area (Å²) in [6, 6.07) is 14.1. The minimum atomic E-state index is -1.39. The fourth-order valence-electron chi connectivity index (χ4n) is 7.32. The Kier molecular flexibility index (Phi) is 11.5. The van der Waals surface area contributed by atoms with Gasteiger partial charge in [-0.15, -0.1) is 13.2 Å². The molecule has 3 heterocycles. The van der Waals surface area contributed by atoms with Gasteiger partial charge in [0, 0.05) is 17.8 Å². The van der Waals surface area contributed by atoms with Gasteiger partial charge in [-0.2, -0.15) is 0 Å². The summed E-state index contributed by atoms with van der Waals surface area (Å²) in [5, 5.41) is 13.6. The first-order valence-corrected chi connectivity index (χ1v) is 17.5. The number of benzene rings is 2. The van der Waals surface area contributed by atoms with Crippen LogP contribution >= 0.6 is 27.5 Å². The standard InChI is InChI=1S/C36H41BrClN3O7/c1-4-7-17-28(43)39-20-27(22-13-9-8-10-14-22)47-35(46)29-30-33(44)41(23(6-3)21-42)32(36(30)19-24(37)31(29)48-36)34(45)40(18-5-2)26-16-12-11-15-25(26)38/h4-5,8-16,23-24,27,29-32,42H,1-2,6-7,17-21H2,3H3,(H,39,43)/t23-,24?,27-,29-,30+,31-,32-,36+/m0/s1. The summed E-state index contributed by atoms with van der Waals surface area (Å²) in [6.07, 6.45) is 3.01. The van der Waals surface area contributed by atoms with Gasteiger partial charge >= 0.3 is 5.97 Å². The Hall–Kier alpha value is -3.51. The van der Waals surface area contributed by atoms with E-state index in [-0.39, 0.29) is 43.3 Å². The smallest absolute Gasteiger partial charge is 0.313 e. The van der Waals surface area contributed by atoms with Crippen LogP contribution in [0.1, 0.15) is 44.3 Å². The minimum Gasteiger partial charge on any atom is -0.455 e. The number of aliphatic hydroxyl groups is 1. The van der Waals surface area contributed by atoms with Crippen molar-refractivity contribution in [2.24, 2.45) is 11.8 Å². The van der Waals surface area contributed by atoms with Crippen LogP contribution in [-0.2, 0) is 28.7 Å². The number of para-hydroxylation sites is 1. The number of nitrogens with one attached hydrogen (secondary N) is 1. The molecule has 1 spiro atoms. The monoisotopic (exact) mass is 741 g/mol. The zero-order chi connectivity index (χ0) is 34.6. The van der Waals surface area contributed by atoms with Gasteiger partial charge in [-0.25, -0.2) is 0 Å². The van der Waals surface area contributed by atoms with E-state index in [2.05, 4.69) is 34.4 Å². The van der Waals surface area contributed by atoms with E-state index in [1.165, 1.54) is 9.80 Å². The lowest BCUT2D eigenvalue weighted by molar-refractivity contribution is -0.160. The van der Waals surface area contributed by atoms with Crippen molar-refractivity contribution in [3.05, 3.63) is 90.5 Å². The van der Waals surface area contributed by atoms with E-state index in [4.69, 9.17) is 21.1 Å². The maximum absolute atomic E-state index is 14.8. The van der Waals surface area contributed by atoms with Gasteiger partial charge in [0.2, 0.25) is 11.8 Å². The predicted molar refractivity (Wildman–Crippen MR) is 185 cm³/mol. The summed E-state index contributed by atoms with van der Waals surface area (Å²) in [5.41, 5.74) is -0.281. The highest BCUT2D eigenvalue weighted by Crippen LogP contribution is 2.61. The third-order valence-electron chi connectivity index (χ3n) is 9.52. The Bertz CT molecular complexity index is 1540. The number of amides is 3. The Balaban J connectivity index is 1.51. The predicted octanol–water partition coefficient (Wildman–Crippen LogP) is 4.74. The van der Waals surface area contributed by atoms with Crippen LogP contribution in [-0.4, -0.2) is 82.0 Å². The molecule has 3 aliphatic heterocycles. The number of anilines is 1. The van der Waals surface area contributed by atoms with Crippen molar-refractivity contribution < 1.29 is 33.8 Å². The molecule has 5 rings (SSSR count). The van der Waals surface area contributed by atoms with Crippen LogP contribution in [0.4, 0.5) is 5.69 Å². The zero-order valence-electron chi connectivity index (χ0n) is 26.8.